The lowest BCUT2D eigenvalue weighted by molar-refractivity contribution is -0.142. The Labute approximate surface area is 139 Å². The van der Waals surface area contributed by atoms with Crippen molar-refractivity contribution in [1.29, 1.82) is 0 Å². The maximum atomic E-state index is 12.7. The molecule has 0 spiro atoms. The average Bonchev–Trinajstić information content (AvgIpc) is 2.94. The van der Waals surface area contributed by atoms with Gasteiger partial charge in [0.15, 0.2) is 6.04 Å². The summed E-state index contributed by atoms with van der Waals surface area (Å²) in [5.74, 6) is -1.20. The number of amides is 1. The Balaban J connectivity index is 2.00. The third-order valence-electron chi connectivity index (χ3n) is 3.56. The van der Waals surface area contributed by atoms with Crippen molar-refractivity contribution in [2.24, 2.45) is 0 Å². The molecule has 1 N–H and O–H groups in total. The number of carboxylic acid groups (broad SMARTS) is 1. The zero-order valence-corrected chi connectivity index (χ0v) is 13.9. The van der Waals surface area contributed by atoms with E-state index in [2.05, 4.69) is 22.6 Å². The fourth-order valence-corrected chi connectivity index (χ4v) is 4.11. The molecule has 2 heterocycles. The first-order valence-electron chi connectivity index (χ1n) is 6.44. The minimum Gasteiger partial charge on any atom is -0.479 e. The normalized spacial score (nSPS) is 17.4. The predicted molar refractivity (Wildman–Crippen MR) is 88.6 cm³/mol. The highest BCUT2D eigenvalue weighted by Crippen LogP contribution is 2.34. The molecule has 1 atom stereocenters. The van der Waals surface area contributed by atoms with Gasteiger partial charge in [-0.2, -0.15) is 0 Å². The lowest BCUT2D eigenvalue weighted by Gasteiger charge is -2.33. The molecular weight excluding hydrogens is 401 g/mol. The highest BCUT2D eigenvalue weighted by Gasteiger charge is 2.37. The largest absolute Gasteiger partial charge is 0.479 e. The van der Waals surface area contributed by atoms with Crippen LogP contribution in [0.1, 0.15) is 26.8 Å². The summed E-state index contributed by atoms with van der Waals surface area (Å²) in [6, 6.07) is 8.18. The first-order valence-corrected chi connectivity index (χ1v) is 8.40. The fourth-order valence-electron chi connectivity index (χ4n) is 2.59. The molecule has 0 radical (unpaired) electrons. The molecular formula is C15H12INO3S. The van der Waals surface area contributed by atoms with Gasteiger partial charge < -0.3 is 10.0 Å². The number of halogens is 1. The van der Waals surface area contributed by atoms with Crippen LogP contribution in [0.15, 0.2) is 35.7 Å². The van der Waals surface area contributed by atoms with Crippen LogP contribution in [0.3, 0.4) is 0 Å². The molecule has 1 aromatic carbocycles. The Kier molecular flexibility index (Phi) is 3.99. The van der Waals surface area contributed by atoms with E-state index in [-0.39, 0.29) is 5.91 Å². The second kappa shape index (κ2) is 5.76. The molecule has 0 fully saturated rings. The maximum absolute atomic E-state index is 12.7. The van der Waals surface area contributed by atoms with Crippen molar-refractivity contribution in [2.75, 3.05) is 6.54 Å². The van der Waals surface area contributed by atoms with E-state index < -0.39 is 12.0 Å². The SMILES string of the molecule is O=C(O)C1c2ccsc2CCN1C(=O)c1ccccc1I. The van der Waals surface area contributed by atoms with E-state index in [9.17, 15) is 14.7 Å². The molecule has 0 aliphatic carbocycles. The zero-order chi connectivity index (χ0) is 15.0. The highest BCUT2D eigenvalue weighted by atomic mass is 127. The van der Waals surface area contributed by atoms with Gasteiger partial charge in [-0.3, -0.25) is 4.79 Å². The Morgan fingerprint density at radius 2 is 2.05 bits per heavy atom. The van der Waals surface area contributed by atoms with Crippen molar-refractivity contribution in [3.63, 3.8) is 0 Å². The van der Waals surface area contributed by atoms with Gasteiger partial charge in [0.1, 0.15) is 0 Å². The minimum absolute atomic E-state index is 0.218. The summed E-state index contributed by atoms with van der Waals surface area (Å²) in [6.07, 6.45) is 0.714. The van der Waals surface area contributed by atoms with Crippen LogP contribution >= 0.6 is 33.9 Å². The lowest BCUT2D eigenvalue weighted by atomic mass is 9.99. The first kappa shape index (κ1) is 14.5. The Morgan fingerprint density at radius 1 is 1.29 bits per heavy atom. The molecule has 0 saturated heterocycles. The molecule has 1 unspecified atom stereocenters. The molecule has 0 bridgehead atoms. The molecule has 1 aliphatic heterocycles. The Morgan fingerprint density at radius 3 is 2.76 bits per heavy atom. The molecule has 6 heteroatoms. The smallest absolute Gasteiger partial charge is 0.331 e. The quantitative estimate of drug-likeness (QED) is 0.770. The van der Waals surface area contributed by atoms with E-state index in [1.807, 2.05) is 23.6 Å². The van der Waals surface area contributed by atoms with E-state index in [0.29, 0.717) is 18.5 Å². The molecule has 1 aromatic heterocycles. The number of carboxylic acids is 1. The molecule has 1 amide bonds. The number of carbonyl (C=O) groups excluding carboxylic acids is 1. The molecule has 1 aliphatic rings. The van der Waals surface area contributed by atoms with Crippen LogP contribution in [0.4, 0.5) is 0 Å². The van der Waals surface area contributed by atoms with Crippen molar-refractivity contribution in [3.8, 4) is 0 Å². The molecule has 0 saturated carbocycles. The summed E-state index contributed by atoms with van der Waals surface area (Å²) in [4.78, 5) is 26.9. The fraction of sp³-hybridized carbons (Fsp3) is 0.200. The monoisotopic (exact) mass is 413 g/mol. The van der Waals surface area contributed by atoms with E-state index >= 15 is 0 Å². The third kappa shape index (κ3) is 2.57. The number of hydrogen-bond acceptors (Lipinski definition) is 3. The van der Waals surface area contributed by atoms with Crippen molar-refractivity contribution in [1.82, 2.24) is 4.90 Å². The van der Waals surface area contributed by atoms with Crippen molar-refractivity contribution in [3.05, 3.63) is 55.3 Å². The van der Waals surface area contributed by atoms with Crippen LogP contribution in [0.5, 0.6) is 0 Å². The number of nitrogens with zero attached hydrogens (tertiary/aromatic N) is 1. The number of hydrogen-bond donors (Lipinski definition) is 1. The topological polar surface area (TPSA) is 57.6 Å². The third-order valence-corrected chi connectivity index (χ3v) is 5.50. The van der Waals surface area contributed by atoms with E-state index in [4.69, 9.17) is 0 Å². The number of benzene rings is 1. The summed E-state index contributed by atoms with van der Waals surface area (Å²) in [5.41, 5.74) is 1.31. The van der Waals surface area contributed by atoms with E-state index in [1.54, 1.807) is 23.5 Å². The van der Waals surface area contributed by atoms with Gasteiger partial charge in [0, 0.05) is 15.0 Å². The van der Waals surface area contributed by atoms with Gasteiger partial charge in [-0.1, -0.05) is 12.1 Å². The van der Waals surface area contributed by atoms with Gasteiger partial charge in [-0.05, 0) is 58.2 Å². The summed E-state index contributed by atoms with van der Waals surface area (Å²) < 4.78 is 0.834. The average molecular weight is 413 g/mol. The number of fused-ring (bicyclic) bond motifs is 1. The number of thiophene rings is 1. The van der Waals surface area contributed by atoms with Crippen LogP contribution in [-0.2, 0) is 11.2 Å². The van der Waals surface area contributed by atoms with Crippen LogP contribution < -0.4 is 0 Å². The summed E-state index contributed by atoms with van der Waals surface area (Å²) in [6.45, 7) is 0.439. The van der Waals surface area contributed by atoms with Crippen LogP contribution in [0.25, 0.3) is 0 Å². The number of rotatable bonds is 2. The zero-order valence-electron chi connectivity index (χ0n) is 11.0. The molecule has 108 valence electrons. The molecule has 4 nitrogen and oxygen atoms in total. The Bertz CT molecular complexity index is 712. The van der Waals surface area contributed by atoms with Gasteiger partial charge in [-0.25, -0.2) is 4.79 Å². The van der Waals surface area contributed by atoms with Crippen LogP contribution in [-0.4, -0.2) is 28.4 Å². The number of carbonyl (C=O) groups is 2. The van der Waals surface area contributed by atoms with E-state index in [1.165, 1.54) is 4.90 Å². The van der Waals surface area contributed by atoms with Gasteiger partial charge in [-0.15, -0.1) is 11.3 Å². The number of aliphatic carboxylic acids is 1. The summed E-state index contributed by atoms with van der Waals surface area (Å²) in [5, 5.41) is 11.4. The van der Waals surface area contributed by atoms with Crippen molar-refractivity contribution in [2.45, 2.75) is 12.5 Å². The van der Waals surface area contributed by atoms with Crippen molar-refractivity contribution < 1.29 is 14.7 Å². The minimum atomic E-state index is -0.978. The molecule has 3 rings (SSSR count). The van der Waals surface area contributed by atoms with Gasteiger partial charge in [0.05, 0.1) is 5.56 Å². The van der Waals surface area contributed by atoms with Crippen molar-refractivity contribution >= 4 is 45.8 Å². The summed E-state index contributed by atoms with van der Waals surface area (Å²) >= 11 is 3.66. The van der Waals surface area contributed by atoms with Crippen LogP contribution in [0, 0.1) is 3.57 Å². The summed E-state index contributed by atoms with van der Waals surface area (Å²) in [7, 11) is 0. The van der Waals surface area contributed by atoms with Gasteiger partial charge in [0.2, 0.25) is 0 Å². The molecule has 2 aromatic rings. The second-order valence-corrected chi connectivity index (χ2v) is 6.93. The Hall–Kier alpha value is -1.41. The van der Waals surface area contributed by atoms with Crippen LogP contribution in [0.2, 0.25) is 0 Å². The van der Waals surface area contributed by atoms with Gasteiger partial charge in [0.25, 0.3) is 5.91 Å². The lowest BCUT2D eigenvalue weighted by Crippen LogP contribution is -2.43. The molecule has 21 heavy (non-hydrogen) atoms. The predicted octanol–water partition coefficient (Wildman–Crippen LogP) is 3.18. The highest BCUT2D eigenvalue weighted by molar-refractivity contribution is 14.1. The first-order chi connectivity index (χ1) is 10.1. The maximum Gasteiger partial charge on any atom is 0.331 e. The van der Waals surface area contributed by atoms with E-state index in [0.717, 1.165) is 14.0 Å². The van der Waals surface area contributed by atoms with Gasteiger partial charge >= 0.3 is 5.97 Å². The standard InChI is InChI=1S/C15H12INO3S/c16-11-4-2-1-3-9(11)14(18)17-7-5-12-10(6-8-21-12)13(17)15(19)20/h1-4,6,8,13H,5,7H2,(H,19,20). The second-order valence-electron chi connectivity index (χ2n) is 4.77.